The van der Waals surface area contributed by atoms with Crippen LogP contribution >= 0.6 is 0 Å². The zero-order chi connectivity index (χ0) is 15.3. The minimum atomic E-state index is -0.472. The average Bonchev–Trinajstić information content (AvgIpc) is 2.65. The van der Waals surface area contributed by atoms with Gasteiger partial charge in [0.2, 0.25) is 0 Å². The van der Waals surface area contributed by atoms with Gasteiger partial charge in [-0.1, -0.05) is 11.1 Å². The van der Waals surface area contributed by atoms with Crippen LogP contribution in [-0.2, 0) is 19.1 Å². The molecule has 114 valence electrons. The first-order valence-electron chi connectivity index (χ1n) is 7.25. The highest BCUT2D eigenvalue weighted by Crippen LogP contribution is 2.42. The van der Waals surface area contributed by atoms with E-state index in [9.17, 15) is 9.59 Å². The Kier molecular flexibility index (Phi) is 5.78. The molecule has 0 fully saturated rings. The first-order chi connectivity index (χ1) is 9.24. The largest absolute Gasteiger partial charge is 0.466 e. The van der Waals surface area contributed by atoms with E-state index < -0.39 is 5.60 Å². The van der Waals surface area contributed by atoms with Gasteiger partial charge in [0, 0.05) is 19.8 Å². The second-order valence-corrected chi connectivity index (χ2v) is 6.04. The maximum Gasteiger partial charge on any atom is 0.303 e. The number of esters is 2. The van der Waals surface area contributed by atoms with Crippen LogP contribution in [0.5, 0.6) is 0 Å². The van der Waals surface area contributed by atoms with Gasteiger partial charge >= 0.3 is 11.9 Å². The Hall–Kier alpha value is -1.32. The topological polar surface area (TPSA) is 52.6 Å². The maximum atomic E-state index is 11.2. The number of hydrogen-bond donors (Lipinski definition) is 0. The van der Waals surface area contributed by atoms with Gasteiger partial charge in [-0.05, 0) is 46.5 Å². The van der Waals surface area contributed by atoms with E-state index in [1.807, 2.05) is 13.8 Å². The third kappa shape index (κ3) is 4.66. The van der Waals surface area contributed by atoms with E-state index in [4.69, 9.17) is 9.47 Å². The molecular weight excluding hydrogens is 256 g/mol. The van der Waals surface area contributed by atoms with Crippen molar-refractivity contribution < 1.29 is 19.1 Å². The number of carbonyl (C=O) groups is 2. The third-order valence-electron chi connectivity index (χ3n) is 3.92. The van der Waals surface area contributed by atoms with Crippen molar-refractivity contribution in [3.63, 3.8) is 0 Å². The van der Waals surface area contributed by atoms with Crippen molar-refractivity contribution >= 4 is 11.9 Å². The zero-order valence-corrected chi connectivity index (χ0v) is 13.2. The summed E-state index contributed by atoms with van der Waals surface area (Å²) in [5.74, 6) is -0.207. The van der Waals surface area contributed by atoms with Gasteiger partial charge in [0.1, 0.15) is 5.60 Å². The first kappa shape index (κ1) is 16.7. The molecule has 0 N–H and O–H groups in total. The summed E-state index contributed by atoms with van der Waals surface area (Å²) in [4.78, 5) is 22.0. The molecule has 0 aliphatic heterocycles. The molecule has 0 aromatic rings. The minimum Gasteiger partial charge on any atom is -0.466 e. The smallest absolute Gasteiger partial charge is 0.303 e. The molecule has 0 aromatic carbocycles. The van der Waals surface area contributed by atoms with Gasteiger partial charge in [-0.2, -0.15) is 0 Å². The summed E-state index contributed by atoms with van der Waals surface area (Å²) in [6, 6.07) is 0. The highest BCUT2D eigenvalue weighted by atomic mass is 16.6. The number of hydrogen-bond acceptors (Lipinski definition) is 4. The number of ether oxygens (including phenoxy) is 2. The monoisotopic (exact) mass is 282 g/mol. The third-order valence-corrected chi connectivity index (χ3v) is 3.92. The van der Waals surface area contributed by atoms with E-state index in [1.54, 1.807) is 0 Å². The predicted octanol–water partition coefficient (Wildman–Crippen LogP) is 3.40. The summed E-state index contributed by atoms with van der Waals surface area (Å²) in [5, 5.41) is 0. The maximum absolute atomic E-state index is 11.2. The fourth-order valence-electron chi connectivity index (χ4n) is 3.07. The van der Waals surface area contributed by atoms with Crippen molar-refractivity contribution in [3.8, 4) is 0 Å². The Bertz CT molecular complexity index is 407. The van der Waals surface area contributed by atoms with Crippen LogP contribution in [0.25, 0.3) is 0 Å². The minimum absolute atomic E-state index is 0.237. The lowest BCUT2D eigenvalue weighted by Gasteiger charge is -2.33. The standard InChI is InChI=1S/C16H26O4/c1-11-8-9-15(16(4,5)20-13(3)18)14(11)7-6-10-19-12(2)17/h15H,6-10H2,1-5H3. The van der Waals surface area contributed by atoms with Crippen molar-refractivity contribution in [2.45, 2.75) is 65.9 Å². The summed E-state index contributed by atoms with van der Waals surface area (Å²) in [6.45, 7) is 9.42. The molecule has 1 unspecified atom stereocenters. The number of allylic oxidation sites excluding steroid dienone is 1. The van der Waals surface area contributed by atoms with Gasteiger partial charge in [0.05, 0.1) is 6.61 Å². The quantitative estimate of drug-likeness (QED) is 0.425. The second-order valence-electron chi connectivity index (χ2n) is 6.04. The highest BCUT2D eigenvalue weighted by Gasteiger charge is 2.38. The van der Waals surface area contributed by atoms with Crippen molar-refractivity contribution in [1.82, 2.24) is 0 Å². The van der Waals surface area contributed by atoms with Crippen molar-refractivity contribution in [2.24, 2.45) is 5.92 Å². The van der Waals surface area contributed by atoms with E-state index >= 15 is 0 Å². The summed E-state index contributed by atoms with van der Waals surface area (Å²) in [6.07, 6.45) is 3.79. The summed E-state index contributed by atoms with van der Waals surface area (Å²) in [7, 11) is 0. The molecule has 1 aliphatic rings. The van der Waals surface area contributed by atoms with E-state index in [0.717, 1.165) is 25.7 Å². The van der Waals surface area contributed by atoms with E-state index in [1.165, 1.54) is 25.0 Å². The second kappa shape index (κ2) is 6.91. The Morgan fingerprint density at radius 2 is 1.90 bits per heavy atom. The molecule has 0 saturated heterocycles. The Labute approximate surface area is 121 Å². The van der Waals surface area contributed by atoms with Gasteiger partial charge in [-0.3, -0.25) is 9.59 Å². The van der Waals surface area contributed by atoms with E-state index in [-0.39, 0.29) is 17.9 Å². The Morgan fingerprint density at radius 1 is 1.25 bits per heavy atom. The van der Waals surface area contributed by atoms with Crippen LogP contribution in [0.3, 0.4) is 0 Å². The van der Waals surface area contributed by atoms with Crippen molar-refractivity contribution in [2.75, 3.05) is 6.61 Å². The molecule has 0 radical (unpaired) electrons. The molecule has 20 heavy (non-hydrogen) atoms. The molecule has 0 aromatic heterocycles. The van der Waals surface area contributed by atoms with Crippen LogP contribution in [0.15, 0.2) is 11.1 Å². The molecule has 0 amide bonds. The highest BCUT2D eigenvalue weighted by molar-refractivity contribution is 5.66. The van der Waals surface area contributed by atoms with Crippen molar-refractivity contribution in [1.29, 1.82) is 0 Å². The van der Waals surface area contributed by atoms with Gasteiger partial charge < -0.3 is 9.47 Å². The van der Waals surface area contributed by atoms with Crippen LogP contribution in [0, 0.1) is 5.92 Å². The molecule has 1 aliphatic carbocycles. The van der Waals surface area contributed by atoms with E-state index in [2.05, 4.69) is 6.92 Å². The van der Waals surface area contributed by atoms with Gasteiger partial charge in [0.25, 0.3) is 0 Å². The molecule has 1 rings (SSSR count). The molecule has 4 heteroatoms. The summed E-state index contributed by atoms with van der Waals surface area (Å²) < 4.78 is 10.5. The van der Waals surface area contributed by atoms with Crippen molar-refractivity contribution in [3.05, 3.63) is 11.1 Å². The number of carbonyl (C=O) groups excluding carboxylic acids is 2. The zero-order valence-electron chi connectivity index (χ0n) is 13.2. The molecule has 0 spiro atoms. The summed E-state index contributed by atoms with van der Waals surface area (Å²) >= 11 is 0. The van der Waals surface area contributed by atoms with Crippen LogP contribution in [0.1, 0.15) is 60.3 Å². The van der Waals surface area contributed by atoms with Crippen LogP contribution in [0.4, 0.5) is 0 Å². The predicted molar refractivity (Wildman–Crippen MR) is 77.1 cm³/mol. The van der Waals surface area contributed by atoms with Crippen LogP contribution in [0.2, 0.25) is 0 Å². The molecule has 0 bridgehead atoms. The first-order valence-corrected chi connectivity index (χ1v) is 7.25. The summed E-state index contributed by atoms with van der Waals surface area (Å²) in [5.41, 5.74) is 2.28. The fourth-order valence-corrected chi connectivity index (χ4v) is 3.07. The average molecular weight is 282 g/mol. The van der Waals surface area contributed by atoms with Gasteiger partial charge in [-0.25, -0.2) is 0 Å². The Balaban J connectivity index is 2.64. The van der Waals surface area contributed by atoms with E-state index in [0.29, 0.717) is 6.61 Å². The molecule has 0 heterocycles. The van der Waals surface area contributed by atoms with Gasteiger partial charge in [-0.15, -0.1) is 0 Å². The molecular formula is C16H26O4. The molecule has 0 saturated carbocycles. The SMILES string of the molecule is CC(=O)OCCCC1=C(C)CCC1C(C)(C)OC(C)=O. The van der Waals surface area contributed by atoms with Crippen LogP contribution < -0.4 is 0 Å². The van der Waals surface area contributed by atoms with Gasteiger partial charge in [0.15, 0.2) is 0 Å². The lowest BCUT2D eigenvalue weighted by Crippen LogP contribution is -2.36. The Morgan fingerprint density at radius 3 is 2.45 bits per heavy atom. The lowest BCUT2D eigenvalue weighted by molar-refractivity contribution is -0.157. The normalized spacial score (nSPS) is 19.1. The lowest BCUT2D eigenvalue weighted by atomic mass is 9.83. The molecule has 1 atom stereocenters. The number of rotatable bonds is 6. The van der Waals surface area contributed by atoms with Crippen LogP contribution in [-0.4, -0.2) is 24.1 Å². The fraction of sp³-hybridized carbons (Fsp3) is 0.750. The molecule has 4 nitrogen and oxygen atoms in total.